The molecule has 0 atom stereocenters. The van der Waals surface area contributed by atoms with Gasteiger partial charge in [0.05, 0.1) is 51.5 Å². The Hall–Kier alpha value is -4.63. The van der Waals surface area contributed by atoms with E-state index in [1.165, 1.54) is 55.6 Å². The summed E-state index contributed by atoms with van der Waals surface area (Å²) >= 11 is 1.12. The molecule has 288 valence electrons. The normalized spacial score (nSPS) is 12.3. The van der Waals surface area contributed by atoms with Crippen molar-refractivity contribution < 1.29 is 68.1 Å². The van der Waals surface area contributed by atoms with Crippen LogP contribution in [0.2, 0.25) is 0 Å². The van der Waals surface area contributed by atoms with Crippen LogP contribution in [-0.4, -0.2) is 71.2 Å². The Morgan fingerprint density at radius 3 is 2.26 bits per heavy atom. The van der Waals surface area contributed by atoms with Crippen molar-refractivity contribution in [2.75, 3.05) is 32.2 Å². The quantitative estimate of drug-likeness (QED) is 0.0120. The number of sulfone groups is 1. The summed E-state index contributed by atoms with van der Waals surface area (Å²) in [6.45, 7) is 0.219. The standard InChI is InChI=1S/C28H26N6O15S5/c1-30-9-12-52(37,38)19-6-3-17(4-7-19)31-34-27-23(53(39,40)41)14-16-13-22(51-48-47-36)26(28(35)24(16)25(27)29)33-32-20-15-18(5-8-21(20)45-2)50-11-10-46-49-54(42,43)44/h3-8,13-15,30,35-36H,9,12,29H2,1-2H3,(H,39,40,41)(H,42,43,44). The van der Waals surface area contributed by atoms with E-state index >= 15 is 0 Å². The summed E-state index contributed by atoms with van der Waals surface area (Å²) in [6.07, 6.45) is 1.88. The lowest BCUT2D eigenvalue weighted by molar-refractivity contribution is -0.432. The zero-order chi connectivity index (χ0) is 39.7. The fraction of sp³-hybridized carbons (Fsp3) is 0.143. The minimum absolute atomic E-state index is 0.00616. The molecule has 21 nitrogen and oxygen atoms in total. The third-order valence-corrected chi connectivity index (χ3v) is 10.7. The number of phenols is 1. The number of nitrogens with two attached hydrogens (primary N) is 1. The molecule has 0 amide bonds. The Kier molecular flexibility index (Phi) is 14.1. The van der Waals surface area contributed by atoms with Crippen LogP contribution < -0.4 is 15.8 Å². The molecule has 0 saturated heterocycles. The zero-order valence-electron chi connectivity index (χ0n) is 27.3. The van der Waals surface area contributed by atoms with Crippen LogP contribution in [-0.2, 0) is 48.9 Å². The van der Waals surface area contributed by atoms with Crippen LogP contribution in [0.25, 0.3) is 10.8 Å². The van der Waals surface area contributed by atoms with Gasteiger partial charge in [0.25, 0.3) is 10.1 Å². The molecule has 0 radical (unpaired) electrons. The number of phenolic OH excluding ortho intramolecular Hbond substituents is 1. The van der Waals surface area contributed by atoms with Crippen molar-refractivity contribution >= 4 is 93.4 Å². The van der Waals surface area contributed by atoms with Crippen molar-refractivity contribution in [3.05, 3.63) is 54.6 Å². The molecule has 4 rings (SSSR count). The van der Waals surface area contributed by atoms with Gasteiger partial charge in [0.2, 0.25) is 0 Å². The van der Waals surface area contributed by atoms with E-state index in [0.717, 1.165) is 17.8 Å². The Bertz CT molecular complexity index is 2490. The summed E-state index contributed by atoms with van der Waals surface area (Å²) in [5.74, 6) is -0.696. The van der Waals surface area contributed by atoms with Crippen LogP contribution in [0.5, 0.6) is 11.5 Å². The Labute approximate surface area is 315 Å². The van der Waals surface area contributed by atoms with Crippen LogP contribution in [0, 0.1) is 11.4 Å². The monoisotopic (exact) mass is 846 g/mol. The second-order valence-electron chi connectivity index (χ2n) is 10.0. The number of azo groups is 2. The van der Waals surface area contributed by atoms with Crippen molar-refractivity contribution in [3.63, 3.8) is 0 Å². The maximum absolute atomic E-state index is 12.5. The first-order valence-corrected chi connectivity index (χ1v) is 20.2. The largest absolute Gasteiger partial charge is 0.505 e. The summed E-state index contributed by atoms with van der Waals surface area (Å²) in [5, 5.41) is 44.8. The number of aromatic hydroxyl groups is 1. The number of fused-ring (bicyclic) bond motifs is 1. The van der Waals surface area contributed by atoms with E-state index in [4.69, 9.17) is 20.3 Å². The van der Waals surface area contributed by atoms with E-state index in [1.54, 1.807) is 7.05 Å². The number of ether oxygens (including phenoxy) is 1. The average molecular weight is 847 g/mol. The smallest absolute Gasteiger partial charge is 0.433 e. The highest BCUT2D eigenvalue weighted by atomic mass is 32.3. The fourth-order valence-electron chi connectivity index (χ4n) is 4.28. The minimum Gasteiger partial charge on any atom is -0.505 e. The molecule has 0 fully saturated rings. The molecule has 0 aromatic heterocycles. The number of nitrogens with one attached hydrogen (secondary N) is 1. The number of nitrogens with zero attached hydrogens (tertiary/aromatic N) is 4. The fourth-order valence-corrected chi connectivity index (χ4v) is 7.32. The number of methoxy groups -OCH3 is 1. The first kappa shape index (κ1) is 42.1. The summed E-state index contributed by atoms with van der Waals surface area (Å²) in [7, 11) is -10.6. The molecular weight excluding hydrogens is 821 g/mol. The summed E-state index contributed by atoms with van der Waals surface area (Å²) in [6, 6.07) is 11.7. The highest BCUT2D eigenvalue weighted by Crippen LogP contribution is 2.50. The molecule has 0 heterocycles. The van der Waals surface area contributed by atoms with Gasteiger partial charge in [-0.3, -0.25) is 14.0 Å². The lowest BCUT2D eigenvalue weighted by Gasteiger charge is -2.14. The first-order chi connectivity index (χ1) is 25.5. The molecule has 4 aromatic rings. The summed E-state index contributed by atoms with van der Waals surface area (Å²) < 4.78 is 103. The van der Waals surface area contributed by atoms with Crippen LogP contribution in [0.15, 0.2) is 94.6 Å². The van der Waals surface area contributed by atoms with Gasteiger partial charge in [0.1, 0.15) is 27.7 Å². The van der Waals surface area contributed by atoms with Crippen LogP contribution in [0.4, 0.5) is 28.4 Å². The third-order valence-electron chi connectivity index (χ3n) is 6.61. The number of hydrogen-bond acceptors (Lipinski definition) is 21. The van der Waals surface area contributed by atoms with E-state index in [-0.39, 0.29) is 55.7 Å². The molecule has 7 N–H and O–H groups in total. The number of benzene rings is 4. The van der Waals surface area contributed by atoms with Crippen LogP contribution >= 0.6 is 23.8 Å². The predicted octanol–water partition coefficient (Wildman–Crippen LogP) is 5.40. The molecule has 0 unspecified atom stereocenters. The third kappa shape index (κ3) is 11.0. The van der Waals surface area contributed by atoms with E-state index in [9.17, 15) is 34.9 Å². The van der Waals surface area contributed by atoms with Gasteiger partial charge in [-0.25, -0.2) is 13.7 Å². The van der Waals surface area contributed by atoms with Gasteiger partial charge in [-0.2, -0.15) is 21.9 Å². The highest BCUT2D eigenvalue weighted by Gasteiger charge is 2.26. The van der Waals surface area contributed by atoms with Gasteiger partial charge in [0.15, 0.2) is 21.7 Å². The minimum atomic E-state index is -5.04. The Morgan fingerprint density at radius 1 is 0.926 bits per heavy atom. The lowest BCUT2D eigenvalue weighted by atomic mass is 10.1. The topological polar surface area (TPSA) is 317 Å². The second kappa shape index (κ2) is 18.1. The van der Waals surface area contributed by atoms with E-state index < -0.39 is 52.4 Å². The van der Waals surface area contributed by atoms with Crippen molar-refractivity contribution in [3.8, 4) is 22.9 Å². The molecule has 26 heteroatoms. The number of rotatable bonds is 16. The number of hydrogen-bond donors (Lipinski definition) is 6. The second-order valence-corrected chi connectivity index (χ2v) is 16.2. The maximum Gasteiger partial charge on any atom is 0.433 e. The molecule has 0 aliphatic heterocycles. The predicted molar refractivity (Wildman–Crippen MR) is 192 cm³/mol. The maximum atomic E-state index is 12.5. The van der Waals surface area contributed by atoms with E-state index in [0.29, 0.717) is 16.9 Å². The lowest BCUT2D eigenvalue weighted by Crippen LogP contribution is -2.19. The van der Waals surface area contributed by atoms with Crippen molar-refractivity contribution in [2.45, 2.75) is 19.6 Å². The van der Waals surface area contributed by atoms with Crippen molar-refractivity contribution in [2.24, 2.45) is 20.5 Å². The molecule has 4 aromatic carbocycles. The molecule has 0 aliphatic carbocycles. The molecule has 54 heavy (non-hydrogen) atoms. The Balaban J connectivity index is 1.81. The Morgan fingerprint density at radius 2 is 1.63 bits per heavy atom. The summed E-state index contributed by atoms with van der Waals surface area (Å²) in [4.78, 5) is 3.51. The molecular formula is C28H26N6O15S5. The van der Waals surface area contributed by atoms with Gasteiger partial charge < -0.3 is 20.9 Å². The molecule has 0 bridgehead atoms. The zero-order valence-corrected chi connectivity index (χ0v) is 31.4. The first-order valence-electron chi connectivity index (χ1n) is 14.2. The molecule has 0 spiro atoms. The number of anilines is 1. The van der Waals surface area contributed by atoms with Gasteiger partial charge in [-0.05, 0) is 83.1 Å². The van der Waals surface area contributed by atoms with Crippen molar-refractivity contribution in [1.29, 1.82) is 0 Å². The van der Waals surface area contributed by atoms with Gasteiger partial charge in [-0.1, -0.05) is 5.04 Å². The van der Waals surface area contributed by atoms with E-state index in [1.807, 2.05) is 6.11 Å². The van der Waals surface area contributed by atoms with Crippen LogP contribution in [0.3, 0.4) is 0 Å². The van der Waals surface area contributed by atoms with Crippen LogP contribution in [0.1, 0.15) is 0 Å². The highest BCUT2D eigenvalue weighted by molar-refractivity contribution is 8.04. The number of nitrogen functional groups attached to an aromatic ring is 1. The number of thioether (sulfide) groups is 1. The molecule has 0 aliphatic rings. The average Bonchev–Trinajstić information content (AvgIpc) is 3.11. The SMILES string of the molecule is CNCCS(=O)(=O)c1ccc(N=Nc2c(S(=O)(=O)O)cc3cc(SOOO)c(N=Nc4cc(SC#COOS(=O)(=O)O)ccc4OC)c(O)c3c2N)cc1. The van der Waals surface area contributed by atoms with Gasteiger partial charge in [0, 0.05) is 16.7 Å². The summed E-state index contributed by atoms with van der Waals surface area (Å²) in [5.41, 5.74) is 5.03. The van der Waals surface area contributed by atoms with E-state index in [2.05, 4.69) is 49.6 Å². The molecule has 0 saturated carbocycles. The van der Waals surface area contributed by atoms with Crippen molar-refractivity contribution in [1.82, 2.24) is 5.32 Å². The van der Waals surface area contributed by atoms with Gasteiger partial charge in [-0.15, -0.1) is 19.7 Å². The van der Waals surface area contributed by atoms with Gasteiger partial charge >= 0.3 is 10.4 Å².